The summed E-state index contributed by atoms with van der Waals surface area (Å²) in [5, 5.41) is 0.688. The molecule has 1 fully saturated rings. The molecule has 37 heavy (non-hydrogen) atoms. The van der Waals surface area contributed by atoms with Crippen molar-refractivity contribution in [3.63, 3.8) is 0 Å². The van der Waals surface area contributed by atoms with Gasteiger partial charge in [-0.25, -0.2) is 4.84 Å². The number of hydroxylamine groups is 2. The van der Waals surface area contributed by atoms with Gasteiger partial charge in [0.15, 0.2) is 6.79 Å². The molecule has 2 amide bonds. The Hall–Kier alpha value is -2.83. The summed E-state index contributed by atoms with van der Waals surface area (Å²) in [5.74, 6) is -0.553. The van der Waals surface area contributed by atoms with Crippen LogP contribution in [0.5, 0.6) is 5.75 Å². The number of imide groups is 1. The highest BCUT2D eigenvalue weighted by molar-refractivity contribution is 7.86. The van der Waals surface area contributed by atoms with Gasteiger partial charge < -0.3 is 9.47 Å². The molecule has 1 aliphatic heterocycles. The monoisotopic (exact) mass is 534 g/mol. The van der Waals surface area contributed by atoms with Gasteiger partial charge in [0.05, 0.1) is 19.4 Å². The minimum absolute atomic E-state index is 0.0800. The second-order valence-corrected chi connectivity index (χ2v) is 10.8. The van der Waals surface area contributed by atoms with Crippen molar-refractivity contribution in [1.29, 1.82) is 0 Å². The summed E-state index contributed by atoms with van der Waals surface area (Å²) in [6.45, 7) is 3.77. The van der Waals surface area contributed by atoms with Crippen LogP contribution in [-0.4, -0.2) is 69.5 Å². The number of nitrogens with zero attached hydrogens (tertiary/aromatic N) is 2. The Morgan fingerprint density at radius 2 is 1.59 bits per heavy atom. The highest BCUT2D eigenvalue weighted by atomic mass is 32.2. The molecule has 0 aromatic heterocycles. The number of hydrogen-bond donors (Lipinski definition) is 0. The number of rotatable bonds is 12. The Labute approximate surface area is 218 Å². The maximum atomic E-state index is 13.9. The molecule has 0 aliphatic carbocycles. The Kier molecular flexibility index (Phi) is 9.80. The fourth-order valence-electron chi connectivity index (χ4n) is 4.33. The zero-order chi connectivity index (χ0) is 27.2. The van der Waals surface area contributed by atoms with Crippen LogP contribution in [0, 0.1) is 5.92 Å². The van der Waals surface area contributed by atoms with Gasteiger partial charge in [0.2, 0.25) is 0 Å². The van der Waals surface area contributed by atoms with E-state index in [1.807, 2.05) is 26.0 Å². The van der Waals surface area contributed by atoms with Crippen LogP contribution < -0.4 is 4.74 Å². The van der Waals surface area contributed by atoms with Crippen molar-refractivity contribution >= 4 is 21.9 Å². The fourth-order valence-corrected chi connectivity index (χ4v) is 4.93. The van der Waals surface area contributed by atoms with E-state index in [4.69, 9.17) is 18.5 Å². The van der Waals surface area contributed by atoms with Gasteiger partial charge in [0.1, 0.15) is 17.9 Å². The van der Waals surface area contributed by atoms with Gasteiger partial charge in [-0.1, -0.05) is 56.3 Å². The van der Waals surface area contributed by atoms with Crippen LogP contribution in [0.4, 0.5) is 0 Å². The van der Waals surface area contributed by atoms with E-state index in [0.717, 1.165) is 11.8 Å². The molecule has 11 heteroatoms. The Bertz CT molecular complexity index is 1150. The number of piperazine rings is 1. The molecule has 202 valence electrons. The molecule has 3 atom stereocenters. The van der Waals surface area contributed by atoms with Gasteiger partial charge in [-0.3, -0.25) is 18.7 Å². The van der Waals surface area contributed by atoms with Crippen molar-refractivity contribution < 1.29 is 36.5 Å². The number of benzene rings is 2. The molecular weight excluding hydrogens is 500 g/mol. The van der Waals surface area contributed by atoms with Crippen molar-refractivity contribution in [1.82, 2.24) is 9.96 Å². The maximum absolute atomic E-state index is 13.9. The van der Waals surface area contributed by atoms with Gasteiger partial charge in [-0.05, 0) is 35.6 Å². The zero-order valence-electron chi connectivity index (χ0n) is 21.7. The molecule has 1 heterocycles. The third-order valence-corrected chi connectivity index (χ3v) is 6.46. The summed E-state index contributed by atoms with van der Waals surface area (Å²) in [7, 11) is -1.07. The van der Waals surface area contributed by atoms with Crippen LogP contribution in [0.1, 0.15) is 37.5 Å². The van der Waals surface area contributed by atoms with Crippen molar-refractivity contribution in [3.8, 4) is 5.75 Å². The maximum Gasteiger partial charge on any atom is 0.274 e. The zero-order valence-corrected chi connectivity index (χ0v) is 22.5. The third kappa shape index (κ3) is 7.36. The molecule has 0 bridgehead atoms. The third-order valence-electron chi connectivity index (χ3n) is 5.91. The SMILES string of the molecule is COCON1C(=O)[C@H]([C@H](OS(C)(=O)=O)c2ccccc2)N(Cc2ccc(OC)cc2)[C@@H](CC(C)C)C1=O. The van der Waals surface area contributed by atoms with Crippen molar-refractivity contribution in [3.05, 3.63) is 65.7 Å². The predicted molar refractivity (Wildman–Crippen MR) is 135 cm³/mol. The van der Waals surface area contributed by atoms with Crippen molar-refractivity contribution in [2.75, 3.05) is 27.3 Å². The first-order valence-corrected chi connectivity index (χ1v) is 13.7. The second-order valence-electron chi connectivity index (χ2n) is 9.25. The lowest BCUT2D eigenvalue weighted by Crippen LogP contribution is -2.66. The topological polar surface area (TPSA) is 112 Å². The highest BCUT2D eigenvalue weighted by Gasteiger charge is 2.52. The van der Waals surface area contributed by atoms with Gasteiger partial charge >= 0.3 is 0 Å². The summed E-state index contributed by atoms with van der Waals surface area (Å²) in [6.07, 6.45) is 0.0878. The Morgan fingerprint density at radius 3 is 2.14 bits per heavy atom. The second kappa shape index (κ2) is 12.6. The molecule has 10 nitrogen and oxygen atoms in total. The molecular formula is C26H34N2O8S. The first kappa shape index (κ1) is 28.7. The summed E-state index contributed by atoms with van der Waals surface area (Å²) in [5.41, 5.74) is 1.27. The van der Waals surface area contributed by atoms with E-state index >= 15 is 0 Å². The van der Waals surface area contributed by atoms with Gasteiger partial charge in [0.25, 0.3) is 21.9 Å². The van der Waals surface area contributed by atoms with Gasteiger partial charge in [-0.2, -0.15) is 8.42 Å². The smallest absolute Gasteiger partial charge is 0.274 e. The number of hydrogen-bond acceptors (Lipinski definition) is 9. The van der Waals surface area contributed by atoms with E-state index in [0.29, 0.717) is 22.8 Å². The Morgan fingerprint density at radius 1 is 0.946 bits per heavy atom. The first-order chi connectivity index (χ1) is 17.6. The van der Waals surface area contributed by atoms with Gasteiger partial charge in [0, 0.05) is 13.7 Å². The summed E-state index contributed by atoms with van der Waals surface area (Å²) >= 11 is 0. The number of methoxy groups -OCH3 is 2. The lowest BCUT2D eigenvalue weighted by molar-refractivity contribution is -0.237. The van der Waals surface area contributed by atoms with E-state index in [1.54, 1.807) is 54.5 Å². The molecule has 0 unspecified atom stereocenters. The minimum atomic E-state index is -4.00. The quantitative estimate of drug-likeness (QED) is 0.230. The van der Waals surface area contributed by atoms with Crippen molar-refractivity contribution in [2.24, 2.45) is 5.92 Å². The molecule has 1 saturated heterocycles. The number of carbonyl (C=O) groups is 2. The molecule has 0 saturated carbocycles. The number of amides is 2. The summed E-state index contributed by atoms with van der Waals surface area (Å²) in [6, 6.07) is 13.8. The summed E-state index contributed by atoms with van der Waals surface area (Å²) < 4.78 is 40.5. The van der Waals surface area contributed by atoms with Crippen LogP contribution in [-0.2, 0) is 40.0 Å². The molecule has 2 aromatic rings. The fraction of sp³-hybridized carbons (Fsp3) is 0.462. The van der Waals surface area contributed by atoms with E-state index < -0.39 is 40.1 Å². The van der Waals surface area contributed by atoms with E-state index in [9.17, 15) is 18.0 Å². The molecule has 2 aromatic carbocycles. The predicted octanol–water partition coefficient (Wildman–Crippen LogP) is 2.90. The number of carbonyl (C=O) groups excluding carboxylic acids is 2. The van der Waals surface area contributed by atoms with Crippen LogP contribution in [0.2, 0.25) is 0 Å². The highest BCUT2D eigenvalue weighted by Crippen LogP contribution is 2.35. The average molecular weight is 535 g/mol. The largest absolute Gasteiger partial charge is 0.497 e. The Balaban J connectivity index is 2.17. The van der Waals surface area contributed by atoms with E-state index in [-0.39, 0.29) is 19.3 Å². The van der Waals surface area contributed by atoms with Crippen molar-refractivity contribution in [2.45, 2.75) is 45.0 Å². The van der Waals surface area contributed by atoms with E-state index in [1.165, 1.54) is 7.11 Å². The van der Waals surface area contributed by atoms with Crippen LogP contribution in [0.3, 0.4) is 0 Å². The van der Waals surface area contributed by atoms with Crippen LogP contribution in [0.15, 0.2) is 54.6 Å². The standard InChI is InChI=1S/C26H34N2O8S/c1-18(2)15-22-25(29)28(35-17-33-3)26(30)23(27(22)16-19-11-13-21(34-4)14-12-19)24(36-37(5,31)32)20-9-7-6-8-10-20/h6-14,18,22-24H,15-17H2,1-5H3/t22-,23-,24+/m0/s1. The number of ether oxygens (including phenoxy) is 2. The molecule has 0 spiro atoms. The lowest BCUT2D eigenvalue weighted by atomic mass is 9.91. The molecule has 3 rings (SSSR count). The molecule has 0 radical (unpaired) electrons. The molecule has 1 aliphatic rings. The van der Waals surface area contributed by atoms with Crippen LogP contribution >= 0.6 is 0 Å². The minimum Gasteiger partial charge on any atom is -0.497 e. The lowest BCUT2D eigenvalue weighted by Gasteiger charge is -2.46. The molecule has 0 N–H and O–H groups in total. The summed E-state index contributed by atoms with van der Waals surface area (Å²) in [4.78, 5) is 34.6. The normalized spacial score (nSPS) is 19.9. The average Bonchev–Trinajstić information content (AvgIpc) is 2.86. The van der Waals surface area contributed by atoms with Crippen LogP contribution in [0.25, 0.3) is 0 Å². The van der Waals surface area contributed by atoms with E-state index in [2.05, 4.69) is 0 Å². The van der Waals surface area contributed by atoms with Gasteiger partial charge in [-0.15, -0.1) is 5.06 Å². The first-order valence-electron chi connectivity index (χ1n) is 11.9.